The number of fused-ring (bicyclic) bond motifs is 1. The third kappa shape index (κ3) is 2.73. The van der Waals surface area contributed by atoms with Crippen LogP contribution in [0.4, 0.5) is 11.4 Å². The minimum Gasteiger partial charge on any atom is -0.359 e. The molecular weight excluding hydrogens is 436 g/mol. The van der Waals surface area contributed by atoms with Crippen molar-refractivity contribution in [3.05, 3.63) is 56.0 Å². The molecule has 0 aliphatic rings. The normalized spacial score (nSPS) is 10.9. The van der Waals surface area contributed by atoms with E-state index in [-0.39, 0.29) is 0 Å². The Kier molecular flexibility index (Phi) is 3.69. The van der Waals surface area contributed by atoms with E-state index in [1.807, 2.05) is 36.5 Å². The molecule has 0 spiro atoms. The number of benzene rings is 2. The van der Waals surface area contributed by atoms with Crippen LogP contribution in [0.15, 0.2) is 56.0 Å². The van der Waals surface area contributed by atoms with E-state index in [2.05, 4.69) is 64.2 Å². The lowest BCUT2D eigenvalue weighted by atomic mass is 10.2. The van der Waals surface area contributed by atoms with Gasteiger partial charge in [0.2, 0.25) is 0 Å². The van der Waals surface area contributed by atoms with Crippen LogP contribution in [0.5, 0.6) is 0 Å². The Hall–Kier alpha value is -0.780. The summed E-state index contributed by atoms with van der Waals surface area (Å²) < 4.78 is 3.17. The van der Waals surface area contributed by atoms with Crippen LogP contribution in [0, 0.1) is 0 Å². The van der Waals surface area contributed by atoms with Gasteiger partial charge in [0.15, 0.2) is 0 Å². The topological polar surface area (TPSA) is 27.8 Å². The van der Waals surface area contributed by atoms with Crippen molar-refractivity contribution in [2.24, 2.45) is 0 Å². The lowest BCUT2D eigenvalue weighted by molar-refractivity contribution is 1.46. The molecule has 0 aliphatic carbocycles. The predicted molar refractivity (Wildman–Crippen MR) is 91.1 cm³/mol. The molecule has 1 aromatic heterocycles. The molecule has 0 fully saturated rings. The summed E-state index contributed by atoms with van der Waals surface area (Å²) in [5, 5.41) is 4.56. The maximum absolute atomic E-state index is 3.61. The van der Waals surface area contributed by atoms with Crippen molar-refractivity contribution in [1.29, 1.82) is 0 Å². The van der Waals surface area contributed by atoms with Crippen LogP contribution in [0.25, 0.3) is 10.9 Å². The highest BCUT2D eigenvalue weighted by Crippen LogP contribution is 2.35. The first-order valence-corrected chi connectivity index (χ1v) is 8.00. The molecule has 2 N–H and O–H groups in total. The largest absolute Gasteiger partial charge is 0.359 e. The van der Waals surface area contributed by atoms with Crippen molar-refractivity contribution in [3.8, 4) is 0 Å². The van der Waals surface area contributed by atoms with Gasteiger partial charge in [-0.15, -0.1) is 0 Å². The third-order valence-corrected chi connectivity index (χ3v) is 4.43. The van der Waals surface area contributed by atoms with E-state index in [1.54, 1.807) is 0 Å². The molecular formula is C14H9Br3N2. The van der Waals surface area contributed by atoms with Gasteiger partial charge in [-0.1, -0.05) is 31.9 Å². The van der Waals surface area contributed by atoms with Gasteiger partial charge in [0.1, 0.15) is 0 Å². The van der Waals surface area contributed by atoms with E-state index in [0.29, 0.717) is 0 Å². The molecule has 0 radical (unpaired) electrons. The lowest BCUT2D eigenvalue weighted by Crippen LogP contribution is -1.88. The number of hydrogen-bond donors (Lipinski definition) is 2. The van der Waals surface area contributed by atoms with E-state index in [9.17, 15) is 0 Å². The summed E-state index contributed by atoms with van der Waals surface area (Å²) in [6.45, 7) is 0. The molecule has 0 saturated carbocycles. The second kappa shape index (κ2) is 5.31. The molecule has 0 atom stereocenters. The average molecular weight is 445 g/mol. The standard InChI is InChI=1S/C14H9Br3N2/c15-8-1-3-10(4-2-8)19-13-7-18-12-6-9(16)5-11(17)14(12)13/h1-7,18-19H. The molecule has 0 aliphatic heterocycles. The molecule has 96 valence electrons. The summed E-state index contributed by atoms with van der Waals surface area (Å²) in [7, 11) is 0. The molecule has 3 rings (SSSR count). The highest BCUT2D eigenvalue weighted by atomic mass is 79.9. The fourth-order valence-corrected chi connectivity index (χ4v) is 3.67. The summed E-state index contributed by atoms with van der Waals surface area (Å²) in [5.74, 6) is 0. The monoisotopic (exact) mass is 442 g/mol. The Bertz CT molecular complexity index is 732. The first-order chi connectivity index (χ1) is 9.13. The van der Waals surface area contributed by atoms with Gasteiger partial charge in [0, 0.05) is 36.2 Å². The van der Waals surface area contributed by atoms with Gasteiger partial charge in [0.05, 0.1) is 5.69 Å². The number of nitrogens with one attached hydrogen (secondary N) is 2. The van der Waals surface area contributed by atoms with Crippen molar-refractivity contribution in [2.45, 2.75) is 0 Å². The number of aromatic nitrogens is 1. The lowest BCUT2D eigenvalue weighted by Gasteiger charge is -2.06. The van der Waals surface area contributed by atoms with Gasteiger partial charge in [0.25, 0.3) is 0 Å². The zero-order valence-corrected chi connectivity index (χ0v) is 14.4. The van der Waals surface area contributed by atoms with E-state index < -0.39 is 0 Å². The molecule has 3 aromatic rings. The molecule has 0 unspecified atom stereocenters. The van der Waals surface area contributed by atoms with Gasteiger partial charge in [-0.2, -0.15) is 0 Å². The second-order valence-electron chi connectivity index (χ2n) is 4.14. The van der Waals surface area contributed by atoms with Gasteiger partial charge < -0.3 is 10.3 Å². The van der Waals surface area contributed by atoms with Gasteiger partial charge >= 0.3 is 0 Å². The summed E-state index contributed by atoms with van der Waals surface area (Å²) in [4.78, 5) is 3.27. The first kappa shape index (κ1) is 13.2. The smallest absolute Gasteiger partial charge is 0.0653 e. The Labute approximate surface area is 136 Å². The van der Waals surface area contributed by atoms with E-state index in [4.69, 9.17) is 0 Å². The molecule has 0 saturated heterocycles. The van der Waals surface area contributed by atoms with E-state index >= 15 is 0 Å². The zero-order chi connectivity index (χ0) is 13.4. The predicted octanol–water partition coefficient (Wildman–Crippen LogP) is 6.20. The fourth-order valence-electron chi connectivity index (χ4n) is 1.97. The highest BCUT2D eigenvalue weighted by molar-refractivity contribution is 9.11. The van der Waals surface area contributed by atoms with Gasteiger partial charge in [-0.3, -0.25) is 0 Å². The van der Waals surface area contributed by atoms with Crippen molar-refractivity contribution in [1.82, 2.24) is 4.98 Å². The second-order valence-corrected chi connectivity index (χ2v) is 6.83. The van der Waals surface area contributed by atoms with Crippen LogP contribution in [0.3, 0.4) is 0 Å². The quantitative estimate of drug-likeness (QED) is 0.484. The molecule has 2 aromatic carbocycles. The number of aromatic amines is 1. The Morgan fingerprint density at radius 2 is 1.63 bits per heavy atom. The highest BCUT2D eigenvalue weighted by Gasteiger charge is 2.08. The third-order valence-electron chi connectivity index (χ3n) is 2.82. The molecule has 0 amide bonds. The maximum Gasteiger partial charge on any atom is 0.0653 e. The summed E-state index contributed by atoms with van der Waals surface area (Å²) in [6.07, 6.45) is 1.98. The molecule has 19 heavy (non-hydrogen) atoms. The zero-order valence-electron chi connectivity index (χ0n) is 9.68. The minimum absolute atomic E-state index is 1.05. The number of anilines is 2. The van der Waals surface area contributed by atoms with Crippen LogP contribution < -0.4 is 5.32 Å². The van der Waals surface area contributed by atoms with Crippen molar-refractivity contribution >= 4 is 70.1 Å². The van der Waals surface area contributed by atoms with Gasteiger partial charge in [-0.25, -0.2) is 0 Å². The number of H-pyrrole nitrogens is 1. The van der Waals surface area contributed by atoms with Crippen LogP contribution in [0.2, 0.25) is 0 Å². The van der Waals surface area contributed by atoms with Crippen LogP contribution in [-0.4, -0.2) is 4.98 Å². The Balaban J connectivity index is 2.04. The molecule has 0 bridgehead atoms. The average Bonchev–Trinajstić information content (AvgIpc) is 2.75. The maximum atomic E-state index is 3.61. The molecule has 5 heteroatoms. The summed E-state index contributed by atoms with van der Waals surface area (Å²) in [5.41, 5.74) is 3.19. The van der Waals surface area contributed by atoms with Crippen LogP contribution in [0.1, 0.15) is 0 Å². The van der Waals surface area contributed by atoms with Crippen molar-refractivity contribution in [3.63, 3.8) is 0 Å². The van der Waals surface area contributed by atoms with Crippen LogP contribution >= 0.6 is 47.8 Å². The van der Waals surface area contributed by atoms with Crippen LogP contribution in [-0.2, 0) is 0 Å². The number of hydrogen-bond acceptors (Lipinski definition) is 1. The SMILES string of the molecule is Brc1ccc(Nc2c[nH]c3cc(Br)cc(Br)c23)cc1. The minimum atomic E-state index is 1.05. The van der Waals surface area contributed by atoms with Crippen molar-refractivity contribution < 1.29 is 0 Å². The molecule has 1 heterocycles. The molecule has 2 nitrogen and oxygen atoms in total. The van der Waals surface area contributed by atoms with E-state index in [0.717, 1.165) is 35.7 Å². The number of rotatable bonds is 2. The number of halogens is 3. The summed E-state index contributed by atoms with van der Waals surface area (Å²) >= 11 is 10.5. The first-order valence-electron chi connectivity index (χ1n) is 5.62. The van der Waals surface area contributed by atoms with Crippen molar-refractivity contribution in [2.75, 3.05) is 5.32 Å². The Morgan fingerprint density at radius 1 is 0.895 bits per heavy atom. The summed E-state index contributed by atoms with van der Waals surface area (Å²) in [6, 6.07) is 12.2. The van der Waals surface area contributed by atoms with Gasteiger partial charge in [-0.05, 0) is 52.3 Å². The Morgan fingerprint density at radius 3 is 2.37 bits per heavy atom. The fraction of sp³-hybridized carbons (Fsp3) is 0. The van der Waals surface area contributed by atoms with E-state index in [1.165, 1.54) is 0 Å².